The van der Waals surface area contributed by atoms with Crippen molar-refractivity contribution in [1.82, 2.24) is 0 Å². The summed E-state index contributed by atoms with van der Waals surface area (Å²) in [6, 6.07) is 8.18. The fourth-order valence-electron chi connectivity index (χ4n) is 1.27. The van der Waals surface area contributed by atoms with Crippen molar-refractivity contribution < 1.29 is 9.53 Å². The Hall–Kier alpha value is -1.09. The zero-order chi connectivity index (χ0) is 11.8. The first kappa shape index (κ1) is 13.0. The van der Waals surface area contributed by atoms with Crippen molar-refractivity contribution >= 4 is 21.9 Å². The number of carbonyl (C=O) groups is 1. The summed E-state index contributed by atoms with van der Waals surface area (Å²) in [5.41, 5.74) is 1.26. The van der Waals surface area contributed by atoms with Crippen LogP contribution in [0.1, 0.15) is 18.9 Å². The van der Waals surface area contributed by atoms with Crippen molar-refractivity contribution in [3.8, 4) is 0 Å². The van der Waals surface area contributed by atoms with Gasteiger partial charge < -0.3 is 4.74 Å². The third-order valence-corrected chi connectivity index (χ3v) is 2.58. The van der Waals surface area contributed by atoms with Gasteiger partial charge in [-0.1, -0.05) is 34.1 Å². The molecule has 3 heteroatoms. The largest absolute Gasteiger partial charge is 0.463 e. The average Bonchev–Trinajstić information content (AvgIpc) is 2.27. The number of hydrogen-bond acceptors (Lipinski definition) is 2. The lowest BCUT2D eigenvalue weighted by atomic mass is 10.1. The molecule has 0 atom stereocenters. The zero-order valence-electron chi connectivity index (χ0n) is 9.28. The Morgan fingerprint density at radius 1 is 1.38 bits per heavy atom. The Morgan fingerprint density at radius 2 is 2.06 bits per heavy atom. The molecule has 0 aliphatic heterocycles. The normalized spacial score (nSPS) is 10.6. The van der Waals surface area contributed by atoms with Gasteiger partial charge in [-0.15, -0.1) is 0 Å². The molecule has 0 spiro atoms. The second kappa shape index (κ2) is 7.23. The van der Waals surface area contributed by atoms with Gasteiger partial charge in [0.1, 0.15) is 0 Å². The van der Waals surface area contributed by atoms with E-state index in [1.54, 1.807) is 6.92 Å². The van der Waals surface area contributed by atoms with E-state index in [-0.39, 0.29) is 5.97 Å². The lowest BCUT2D eigenvalue weighted by molar-refractivity contribution is -0.137. The van der Waals surface area contributed by atoms with E-state index in [0.29, 0.717) is 6.61 Å². The molecule has 1 aromatic carbocycles. The van der Waals surface area contributed by atoms with Gasteiger partial charge in [0.15, 0.2) is 0 Å². The van der Waals surface area contributed by atoms with E-state index in [1.807, 2.05) is 18.2 Å². The highest BCUT2D eigenvalue weighted by Crippen LogP contribution is 2.11. The van der Waals surface area contributed by atoms with E-state index in [0.717, 1.165) is 17.3 Å². The minimum Gasteiger partial charge on any atom is -0.463 e. The SMILES string of the molecule is CCOC(=O)/C=C/CCc1ccc(Br)cc1. The highest BCUT2D eigenvalue weighted by atomic mass is 79.9. The van der Waals surface area contributed by atoms with Crippen LogP contribution in [0.3, 0.4) is 0 Å². The van der Waals surface area contributed by atoms with Crippen LogP contribution in [0.25, 0.3) is 0 Å². The van der Waals surface area contributed by atoms with Gasteiger partial charge in [-0.2, -0.15) is 0 Å². The minimum absolute atomic E-state index is 0.265. The van der Waals surface area contributed by atoms with Gasteiger partial charge in [-0.3, -0.25) is 0 Å². The Balaban J connectivity index is 2.30. The molecule has 2 nitrogen and oxygen atoms in total. The second-order valence-corrected chi connectivity index (χ2v) is 4.24. The van der Waals surface area contributed by atoms with Gasteiger partial charge in [-0.05, 0) is 37.5 Å². The monoisotopic (exact) mass is 282 g/mol. The molecule has 1 aromatic rings. The molecule has 0 saturated heterocycles. The van der Waals surface area contributed by atoms with E-state index >= 15 is 0 Å². The van der Waals surface area contributed by atoms with Crippen LogP contribution in [-0.2, 0) is 16.0 Å². The van der Waals surface area contributed by atoms with Gasteiger partial charge in [0.2, 0.25) is 0 Å². The predicted octanol–water partition coefficient (Wildman–Crippen LogP) is 3.50. The number of hydrogen-bond donors (Lipinski definition) is 0. The van der Waals surface area contributed by atoms with Crippen molar-refractivity contribution in [3.63, 3.8) is 0 Å². The molecule has 86 valence electrons. The lowest BCUT2D eigenvalue weighted by Crippen LogP contribution is -1.98. The van der Waals surface area contributed by atoms with E-state index in [2.05, 4.69) is 28.1 Å². The maximum absolute atomic E-state index is 11.0. The molecule has 0 N–H and O–H groups in total. The summed E-state index contributed by atoms with van der Waals surface area (Å²) in [5.74, 6) is -0.265. The summed E-state index contributed by atoms with van der Waals surface area (Å²) in [7, 11) is 0. The summed E-state index contributed by atoms with van der Waals surface area (Å²) >= 11 is 3.39. The first-order chi connectivity index (χ1) is 7.72. The molecule has 0 heterocycles. The smallest absolute Gasteiger partial charge is 0.330 e. The predicted molar refractivity (Wildman–Crippen MR) is 68.2 cm³/mol. The fourth-order valence-corrected chi connectivity index (χ4v) is 1.54. The molecule has 0 amide bonds. The molecule has 0 unspecified atom stereocenters. The second-order valence-electron chi connectivity index (χ2n) is 3.32. The topological polar surface area (TPSA) is 26.3 Å². The minimum atomic E-state index is -0.265. The van der Waals surface area contributed by atoms with Crippen LogP contribution >= 0.6 is 15.9 Å². The number of benzene rings is 1. The standard InChI is InChI=1S/C13H15BrO2/c1-2-16-13(15)6-4-3-5-11-7-9-12(14)10-8-11/h4,6-10H,2-3,5H2,1H3/b6-4+. The number of aryl methyl sites for hydroxylation is 1. The molecule has 0 aromatic heterocycles. The maximum Gasteiger partial charge on any atom is 0.330 e. The fraction of sp³-hybridized carbons (Fsp3) is 0.308. The zero-order valence-corrected chi connectivity index (χ0v) is 10.9. The van der Waals surface area contributed by atoms with E-state index in [1.165, 1.54) is 11.6 Å². The van der Waals surface area contributed by atoms with Crippen molar-refractivity contribution in [2.24, 2.45) is 0 Å². The summed E-state index contributed by atoms with van der Waals surface area (Å²) in [4.78, 5) is 11.0. The van der Waals surface area contributed by atoms with Crippen molar-refractivity contribution in [2.75, 3.05) is 6.61 Å². The van der Waals surface area contributed by atoms with Crippen LogP contribution in [0.4, 0.5) is 0 Å². The quantitative estimate of drug-likeness (QED) is 0.610. The molecule has 0 saturated carbocycles. The van der Waals surface area contributed by atoms with E-state index in [9.17, 15) is 4.79 Å². The molecule has 0 aliphatic rings. The number of carbonyl (C=O) groups excluding carboxylic acids is 1. The van der Waals surface area contributed by atoms with Gasteiger partial charge in [0.05, 0.1) is 6.61 Å². The summed E-state index contributed by atoms with van der Waals surface area (Å²) in [5, 5.41) is 0. The van der Waals surface area contributed by atoms with Crippen LogP contribution in [0.5, 0.6) is 0 Å². The number of halogens is 1. The van der Waals surface area contributed by atoms with Crippen LogP contribution in [0.15, 0.2) is 40.9 Å². The van der Waals surface area contributed by atoms with Crippen LogP contribution in [-0.4, -0.2) is 12.6 Å². The molecule has 0 bridgehead atoms. The third kappa shape index (κ3) is 5.12. The van der Waals surface area contributed by atoms with Crippen molar-refractivity contribution in [3.05, 3.63) is 46.5 Å². The maximum atomic E-state index is 11.0. The highest BCUT2D eigenvalue weighted by Gasteiger charge is 1.94. The van der Waals surface area contributed by atoms with Crippen LogP contribution < -0.4 is 0 Å². The van der Waals surface area contributed by atoms with Gasteiger partial charge in [0.25, 0.3) is 0 Å². The first-order valence-corrected chi connectivity index (χ1v) is 6.09. The summed E-state index contributed by atoms with van der Waals surface area (Å²) in [6.45, 7) is 2.23. The Labute approximate surface area is 104 Å². The van der Waals surface area contributed by atoms with Gasteiger partial charge in [-0.25, -0.2) is 4.79 Å². The number of ether oxygens (including phenoxy) is 1. The average molecular weight is 283 g/mol. The molecule has 0 radical (unpaired) electrons. The van der Waals surface area contributed by atoms with E-state index < -0.39 is 0 Å². The van der Waals surface area contributed by atoms with E-state index in [4.69, 9.17) is 4.74 Å². The molecule has 16 heavy (non-hydrogen) atoms. The molecule has 0 fully saturated rings. The van der Waals surface area contributed by atoms with Gasteiger partial charge >= 0.3 is 5.97 Å². The Morgan fingerprint density at radius 3 is 2.69 bits per heavy atom. The lowest BCUT2D eigenvalue weighted by Gasteiger charge is -1.98. The summed E-state index contributed by atoms with van der Waals surface area (Å²) < 4.78 is 5.86. The number of rotatable bonds is 5. The first-order valence-electron chi connectivity index (χ1n) is 5.30. The van der Waals surface area contributed by atoms with Crippen LogP contribution in [0, 0.1) is 0 Å². The summed E-state index contributed by atoms with van der Waals surface area (Å²) in [6.07, 6.45) is 5.12. The molecular weight excluding hydrogens is 268 g/mol. The van der Waals surface area contributed by atoms with Gasteiger partial charge in [0, 0.05) is 10.5 Å². The third-order valence-electron chi connectivity index (χ3n) is 2.05. The molecule has 0 aliphatic carbocycles. The Bertz CT molecular complexity index is 355. The van der Waals surface area contributed by atoms with Crippen LogP contribution in [0.2, 0.25) is 0 Å². The molecule has 1 rings (SSSR count). The number of allylic oxidation sites excluding steroid dienone is 1. The highest BCUT2D eigenvalue weighted by molar-refractivity contribution is 9.10. The Kier molecular flexibility index (Phi) is 5.86. The van der Waals surface area contributed by atoms with Crippen molar-refractivity contribution in [2.45, 2.75) is 19.8 Å². The van der Waals surface area contributed by atoms with Crippen molar-refractivity contribution in [1.29, 1.82) is 0 Å². The molecular formula is C13H15BrO2. The number of esters is 1.